The minimum atomic E-state index is -1.03. The molecule has 0 aromatic heterocycles. The maximum Gasteiger partial charge on any atom is 0.409 e. The van der Waals surface area contributed by atoms with Crippen molar-refractivity contribution < 1.29 is 53.4 Å². The van der Waals surface area contributed by atoms with Crippen molar-refractivity contribution >= 4 is 18.0 Å². The van der Waals surface area contributed by atoms with Crippen LogP contribution in [0.1, 0.15) is 42.4 Å². The van der Waals surface area contributed by atoms with E-state index in [4.69, 9.17) is 39.0 Å². The van der Waals surface area contributed by atoms with Crippen LogP contribution in [0.25, 0.3) is 0 Å². The van der Waals surface area contributed by atoms with Gasteiger partial charge in [0.05, 0.1) is 71.2 Å². The number of aliphatic hydroxyl groups excluding tert-OH is 2. The van der Waals surface area contributed by atoms with E-state index in [2.05, 4.69) is 77.7 Å². The number of nitrogens with zero attached hydrogens (tertiary/aromatic N) is 2. The SMILES string of the molecule is O=C(O)CCC(=O)OCCOCCCCOC(=O)N1CCN(C(c2ccccc2)(c2ccccc2)c2ccccc2)CC1.OCCOCCOCCO. The van der Waals surface area contributed by atoms with Gasteiger partial charge in [0.25, 0.3) is 0 Å². The predicted octanol–water partition coefficient (Wildman–Crippen LogP) is 3.94. The van der Waals surface area contributed by atoms with Gasteiger partial charge in [-0.3, -0.25) is 14.5 Å². The van der Waals surface area contributed by atoms with Crippen LogP contribution < -0.4 is 0 Å². The van der Waals surface area contributed by atoms with Gasteiger partial charge in [-0.25, -0.2) is 4.79 Å². The smallest absolute Gasteiger partial charge is 0.409 e. The summed E-state index contributed by atoms with van der Waals surface area (Å²) < 4.78 is 25.7. The number of benzene rings is 3. The van der Waals surface area contributed by atoms with Crippen molar-refractivity contribution in [2.45, 2.75) is 31.2 Å². The van der Waals surface area contributed by atoms with Gasteiger partial charge in [0.15, 0.2) is 0 Å². The zero-order valence-corrected chi connectivity index (χ0v) is 30.4. The number of ether oxygens (including phenoxy) is 5. The molecule has 1 aliphatic heterocycles. The Morgan fingerprint density at radius 1 is 0.547 bits per heavy atom. The number of aliphatic carboxylic acids is 1. The summed E-state index contributed by atoms with van der Waals surface area (Å²) in [6, 6.07) is 31.7. The normalized spacial score (nSPS) is 13.1. The number of carboxylic acids is 1. The standard InChI is InChI=1S/C34H40N2O7.C6H14O4/c37-31(38)18-19-32(39)42-27-26-41-24-10-11-25-43-33(40)35-20-22-36(23-21-35)34(28-12-4-1-5-13-28,29-14-6-2-7-15-29)30-16-8-3-9-17-30;7-1-3-9-5-6-10-4-2-8/h1-9,12-17H,10-11,18-27H2,(H,37,38);7-8H,1-6H2. The van der Waals surface area contributed by atoms with Gasteiger partial charge in [0, 0.05) is 32.8 Å². The van der Waals surface area contributed by atoms with Crippen molar-refractivity contribution in [3.05, 3.63) is 108 Å². The van der Waals surface area contributed by atoms with Gasteiger partial charge in [0.1, 0.15) is 6.61 Å². The third kappa shape index (κ3) is 14.9. The lowest BCUT2D eigenvalue weighted by atomic mass is 9.75. The van der Waals surface area contributed by atoms with E-state index in [1.807, 2.05) is 18.2 Å². The van der Waals surface area contributed by atoms with Crippen molar-refractivity contribution in [1.82, 2.24) is 9.80 Å². The third-order valence-electron chi connectivity index (χ3n) is 8.37. The maximum absolute atomic E-state index is 12.9. The number of carbonyl (C=O) groups is 3. The number of unbranched alkanes of at least 4 members (excludes halogenated alkanes) is 1. The Labute approximate surface area is 312 Å². The molecule has 3 aromatic rings. The zero-order chi connectivity index (χ0) is 38.0. The van der Waals surface area contributed by atoms with E-state index in [0.29, 0.717) is 78.7 Å². The summed E-state index contributed by atoms with van der Waals surface area (Å²) in [6.07, 6.45) is 0.650. The van der Waals surface area contributed by atoms with E-state index in [9.17, 15) is 14.4 Å². The maximum atomic E-state index is 12.9. The van der Waals surface area contributed by atoms with Crippen molar-refractivity contribution in [2.24, 2.45) is 0 Å². The average molecular weight is 739 g/mol. The Bertz CT molecular complexity index is 1320. The lowest BCUT2D eigenvalue weighted by Gasteiger charge is -2.48. The number of hydrogen-bond donors (Lipinski definition) is 3. The Morgan fingerprint density at radius 3 is 1.47 bits per heavy atom. The number of aliphatic hydroxyl groups is 2. The van der Waals surface area contributed by atoms with Gasteiger partial charge >= 0.3 is 18.0 Å². The topological polar surface area (TPSA) is 165 Å². The van der Waals surface area contributed by atoms with Gasteiger partial charge in [-0.2, -0.15) is 0 Å². The summed E-state index contributed by atoms with van der Waals surface area (Å²) in [7, 11) is 0. The molecular weight excluding hydrogens is 684 g/mol. The second kappa shape index (κ2) is 25.6. The fourth-order valence-electron chi connectivity index (χ4n) is 5.92. The highest BCUT2D eigenvalue weighted by Gasteiger charge is 2.43. The predicted molar refractivity (Wildman–Crippen MR) is 197 cm³/mol. The fraction of sp³-hybridized carbons (Fsp3) is 0.475. The molecule has 1 fully saturated rings. The minimum Gasteiger partial charge on any atom is -0.481 e. The summed E-state index contributed by atoms with van der Waals surface area (Å²) in [6.45, 7) is 5.27. The molecule has 1 aliphatic rings. The Morgan fingerprint density at radius 2 is 1.00 bits per heavy atom. The van der Waals surface area contributed by atoms with Crippen LogP contribution in [0.5, 0.6) is 0 Å². The van der Waals surface area contributed by atoms with Gasteiger partial charge in [0.2, 0.25) is 0 Å². The van der Waals surface area contributed by atoms with E-state index in [1.165, 1.54) is 16.7 Å². The molecule has 1 amide bonds. The van der Waals surface area contributed by atoms with E-state index < -0.39 is 17.5 Å². The quantitative estimate of drug-likeness (QED) is 0.0774. The van der Waals surface area contributed by atoms with Gasteiger partial charge in [-0.15, -0.1) is 0 Å². The molecule has 0 saturated carbocycles. The summed E-state index contributed by atoms with van der Waals surface area (Å²) >= 11 is 0. The molecule has 0 unspecified atom stereocenters. The summed E-state index contributed by atoms with van der Waals surface area (Å²) in [5, 5.41) is 25.1. The molecule has 3 N–H and O–H groups in total. The fourth-order valence-corrected chi connectivity index (χ4v) is 5.92. The monoisotopic (exact) mass is 738 g/mol. The highest BCUT2D eigenvalue weighted by atomic mass is 16.6. The van der Waals surface area contributed by atoms with E-state index in [-0.39, 0.29) is 45.4 Å². The van der Waals surface area contributed by atoms with Gasteiger partial charge in [-0.1, -0.05) is 91.0 Å². The van der Waals surface area contributed by atoms with Crippen LogP contribution in [0.2, 0.25) is 0 Å². The number of rotatable bonds is 22. The molecule has 53 heavy (non-hydrogen) atoms. The molecule has 0 atom stereocenters. The number of carboxylic acid groups (broad SMARTS) is 1. The summed E-state index contributed by atoms with van der Waals surface area (Å²) in [4.78, 5) is 39.0. The van der Waals surface area contributed by atoms with Gasteiger partial charge in [-0.05, 0) is 29.5 Å². The molecule has 0 aliphatic carbocycles. The summed E-state index contributed by atoms with van der Waals surface area (Å²) in [5.74, 6) is -1.59. The summed E-state index contributed by atoms with van der Waals surface area (Å²) in [5.41, 5.74) is 3.04. The van der Waals surface area contributed by atoms with Crippen LogP contribution in [0, 0.1) is 0 Å². The number of hydrogen-bond acceptors (Lipinski definition) is 11. The second-order valence-corrected chi connectivity index (χ2v) is 12.0. The molecule has 290 valence electrons. The highest BCUT2D eigenvalue weighted by Crippen LogP contribution is 2.42. The molecule has 13 nitrogen and oxygen atoms in total. The second-order valence-electron chi connectivity index (χ2n) is 12.0. The first-order valence-corrected chi connectivity index (χ1v) is 18.1. The van der Waals surface area contributed by atoms with Crippen molar-refractivity contribution in [3.8, 4) is 0 Å². The van der Waals surface area contributed by atoms with Crippen LogP contribution in [-0.4, -0.2) is 135 Å². The molecule has 0 bridgehead atoms. The number of piperazine rings is 1. The molecular formula is C40H54N2O11. The van der Waals surface area contributed by atoms with Gasteiger partial charge < -0.3 is 43.9 Å². The number of esters is 1. The molecule has 1 heterocycles. The van der Waals surface area contributed by atoms with Crippen molar-refractivity contribution in [1.29, 1.82) is 0 Å². The Kier molecular flexibility index (Phi) is 20.8. The van der Waals surface area contributed by atoms with E-state index in [0.717, 1.165) is 0 Å². The lowest BCUT2D eigenvalue weighted by molar-refractivity contribution is -0.148. The van der Waals surface area contributed by atoms with Crippen LogP contribution in [-0.2, 0) is 38.8 Å². The highest BCUT2D eigenvalue weighted by molar-refractivity contribution is 5.76. The van der Waals surface area contributed by atoms with Crippen LogP contribution >= 0.6 is 0 Å². The first-order valence-electron chi connectivity index (χ1n) is 18.1. The van der Waals surface area contributed by atoms with Crippen molar-refractivity contribution in [3.63, 3.8) is 0 Å². The van der Waals surface area contributed by atoms with Crippen LogP contribution in [0.15, 0.2) is 91.0 Å². The third-order valence-corrected chi connectivity index (χ3v) is 8.37. The molecule has 0 spiro atoms. The average Bonchev–Trinajstić information content (AvgIpc) is 3.20. The number of carbonyl (C=O) groups excluding carboxylic acids is 2. The molecule has 3 aromatic carbocycles. The Balaban J connectivity index is 0.000000661. The lowest BCUT2D eigenvalue weighted by Crippen LogP contribution is -2.57. The van der Waals surface area contributed by atoms with Crippen molar-refractivity contribution in [2.75, 3.05) is 92.2 Å². The Hall–Kier alpha value is -4.37. The molecule has 13 heteroatoms. The van der Waals surface area contributed by atoms with Crippen LogP contribution in [0.3, 0.4) is 0 Å². The first kappa shape index (κ1) is 43.0. The zero-order valence-electron chi connectivity index (χ0n) is 30.4. The molecule has 0 radical (unpaired) electrons. The molecule has 4 rings (SSSR count). The van der Waals surface area contributed by atoms with Crippen LogP contribution in [0.4, 0.5) is 4.79 Å². The molecule has 1 saturated heterocycles. The van der Waals surface area contributed by atoms with E-state index in [1.54, 1.807) is 4.90 Å². The van der Waals surface area contributed by atoms with E-state index >= 15 is 0 Å². The minimum absolute atomic E-state index is 0.0417. The largest absolute Gasteiger partial charge is 0.481 e. The first-order chi connectivity index (χ1) is 25.9. The number of amides is 1.